The number of hydrogen-bond donors (Lipinski definition) is 2. The minimum absolute atomic E-state index is 0.108. The molecule has 13 heteroatoms. The van der Waals surface area contributed by atoms with Crippen LogP contribution in [-0.2, 0) is 11.3 Å². The summed E-state index contributed by atoms with van der Waals surface area (Å²) in [5, 5.41) is 11.3. The Morgan fingerprint density at radius 1 is 1.16 bits per heavy atom. The molecule has 1 atom stereocenters. The summed E-state index contributed by atoms with van der Waals surface area (Å²) in [4.78, 5) is 27.5. The molecule has 1 aliphatic rings. The molecule has 198 valence electrons. The van der Waals surface area contributed by atoms with Crippen LogP contribution in [0, 0.1) is 17.5 Å². The van der Waals surface area contributed by atoms with Crippen molar-refractivity contribution in [2.75, 3.05) is 37.0 Å². The largest absolute Gasteiger partial charge is 0.383 e. The zero-order valence-corrected chi connectivity index (χ0v) is 20.3. The van der Waals surface area contributed by atoms with Gasteiger partial charge in [0.1, 0.15) is 16.9 Å². The molecule has 1 saturated heterocycles. The molecule has 10 nitrogen and oxygen atoms in total. The normalized spacial score (nSPS) is 15.4. The second-order valence-electron chi connectivity index (χ2n) is 8.87. The van der Waals surface area contributed by atoms with E-state index in [-0.39, 0.29) is 22.9 Å². The van der Waals surface area contributed by atoms with E-state index >= 15 is 4.39 Å². The highest BCUT2D eigenvalue weighted by Crippen LogP contribution is 2.38. The molecule has 3 heterocycles. The van der Waals surface area contributed by atoms with Crippen LogP contribution in [0.25, 0.3) is 16.6 Å². The second-order valence-corrected chi connectivity index (χ2v) is 8.87. The molecule has 0 bridgehead atoms. The number of carbonyl (C=O) groups is 1. The van der Waals surface area contributed by atoms with E-state index in [0.717, 1.165) is 30.3 Å². The summed E-state index contributed by atoms with van der Waals surface area (Å²) in [5.41, 5.74) is 5.16. The van der Waals surface area contributed by atoms with Crippen LogP contribution >= 0.6 is 0 Å². The number of carbonyl (C=O) groups excluding carboxylic acids is 1. The van der Waals surface area contributed by atoms with Crippen molar-refractivity contribution >= 4 is 28.2 Å². The quantitative estimate of drug-likeness (QED) is 0.379. The van der Waals surface area contributed by atoms with E-state index in [2.05, 4.69) is 15.5 Å². The van der Waals surface area contributed by atoms with E-state index in [1.165, 1.54) is 24.1 Å². The van der Waals surface area contributed by atoms with Crippen molar-refractivity contribution in [2.24, 2.45) is 5.73 Å². The van der Waals surface area contributed by atoms with Crippen molar-refractivity contribution in [3.8, 4) is 5.69 Å². The van der Waals surface area contributed by atoms with Crippen molar-refractivity contribution in [3.05, 3.63) is 76.1 Å². The Balaban J connectivity index is 1.57. The Hall–Kier alpha value is -4.23. The first kappa shape index (κ1) is 25.4. The molecule has 0 radical (unpaired) electrons. The van der Waals surface area contributed by atoms with Gasteiger partial charge in [-0.2, -0.15) is 14.9 Å². The molecule has 0 spiro atoms. The molecule has 0 aliphatic carbocycles. The number of nitrogens with zero attached hydrogens (tertiary/aromatic N) is 5. The van der Waals surface area contributed by atoms with E-state index in [0.29, 0.717) is 48.4 Å². The molecule has 0 saturated carbocycles. The minimum Gasteiger partial charge on any atom is -0.383 e. The Morgan fingerprint density at radius 2 is 1.92 bits per heavy atom. The van der Waals surface area contributed by atoms with Crippen molar-refractivity contribution in [3.63, 3.8) is 0 Å². The molecular weight excluding hydrogens is 503 g/mol. The van der Waals surface area contributed by atoms with Gasteiger partial charge in [-0.3, -0.25) is 14.3 Å². The first-order valence-corrected chi connectivity index (χ1v) is 11.8. The van der Waals surface area contributed by atoms with Gasteiger partial charge >= 0.3 is 0 Å². The van der Waals surface area contributed by atoms with Crippen LogP contribution in [0.3, 0.4) is 0 Å². The van der Waals surface area contributed by atoms with E-state index < -0.39 is 34.6 Å². The molecule has 1 fully saturated rings. The zero-order valence-electron chi connectivity index (χ0n) is 20.3. The Kier molecular flexibility index (Phi) is 6.87. The molecule has 4 aromatic rings. The highest BCUT2D eigenvalue weighted by atomic mass is 19.1. The maximum Gasteiger partial charge on any atom is 0.276 e. The maximum atomic E-state index is 15.4. The molecule has 2 aromatic carbocycles. The SMILES string of the molecule is COCCn1ncc2c(N3CC[C@@H](N)C3)c(NC(=O)c3ccc(=O)n(-c4c(F)cccc4F)n3)cc(F)c21. The van der Waals surface area contributed by atoms with Gasteiger partial charge < -0.3 is 20.7 Å². The summed E-state index contributed by atoms with van der Waals surface area (Å²) in [5.74, 6) is -3.49. The summed E-state index contributed by atoms with van der Waals surface area (Å²) < 4.78 is 51.0. The fourth-order valence-electron chi connectivity index (χ4n) is 4.56. The number of para-hydroxylation sites is 1. The summed E-state index contributed by atoms with van der Waals surface area (Å²) in [6.45, 7) is 1.69. The third kappa shape index (κ3) is 4.61. The lowest BCUT2D eigenvalue weighted by Gasteiger charge is -2.23. The average molecular weight is 528 g/mol. The Labute approximate surface area is 214 Å². The van der Waals surface area contributed by atoms with Crippen LogP contribution in [0.4, 0.5) is 24.5 Å². The van der Waals surface area contributed by atoms with E-state index in [1.54, 1.807) is 0 Å². The van der Waals surface area contributed by atoms with Crippen molar-refractivity contribution < 1.29 is 22.7 Å². The summed E-state index contributed by atoms with van der Waals surface area (Å²) in [6, 6.07) is 6.24. The van der Waals surface area contributed by atoms with Gasteiger partial charge in [0, 0.05) is 43.8 Å². The number of nitrogens with two attached hydrogens (primary N) is 1. The predicted molar refractivity (Wildman–Crippen MR) is 134 cm³/mol. The summed E-state index contributed by atoms with van der Waals surface area (Å²) in [6.07, 6.45) is 2.22. The summed E-state index contributed by atoms with van der Waals surface area (Å²) >= 11 is 0. The fourth-order valence-corrected chi connectivity index (χ4v) is 4.56. The van der Waals surface area contributed by atoms with Gasteiger partial charge in [-0.1, -0.05) is 6.07 Å². The van der Waals surface area contributed by atoms with Crippen LogP contribution in [0.5, 0.6) is 0 Å². The summed E-state index contributed by atoms with van der Waals surface area (Å²) in [7, 11) is 1.53. The number of rotatable bonds is 7. The van der Waals surface area contributed by atoms with Crippen LogP contribution < -0.4 is 21.5 Å². The Morgan fingerprint density at radius 3 is 2.61 bits per heavy atom. The topological polar surface area (TPSA) is 120 Å². The van der Waals surface area contributed by atoms with Crippen LogP contribution in [0.2, 0.25) is 0 Å². The second kappa shape index (κ2) is 10.3. The number of ether oxygens (including phenoxy) is 1. The van der Waals surface area contributed by atoms with Gasteiger partial charge in [0.25, 0.3) is 11.5 Å². The standard InChI is InChI=1S/C25H24F3N7O3/c1-38-10-9-34-22-15(12-30-34)23(33-8-7-14(29)13-33)20(11-18(22)28)31-25(37)19-5-6-21(36)35(32-19)24-16(26)3-2-4-17(24)27/h2-6,11-12,14H,7-10,13,29H2,1H3,(H,31,37)/t14-/m1/s1. The number of nitrogens with one attached hydrogen (secondary N) is 1. The van der Waals surface area contributed by atoms with Gasteiger partial charge in [-0.25, -0.2) is 13.2 Å². The molecule has 1 amide bonds. The Bertz CT molecular complexity index is 1570. The molecule has 1 aliphatic heterocycles. The van der Waals surface area contributed by atoms with Gasteiger partial charge in [0.2, 0.25) is 0 Å². The van der Waals surface area contributed by atoms with Crippen molar-refractivity contribution in [1.82, 2.24) is 19.6 Å². The molecule has 3 N–H and O–H groups in total. The van der Waals surface area contributed by atoms with E-state index in [1.807, 2.05) is 4.90 Å². The molecule has 5 rings (SSSR count). The smallest absolute Gasteiger partial charge is 0.276 e. The maximum absolute atomic E-state index is 15.4. The van der Waals surface area contributed by atoms with Gasteiger partial charge in [-0.15, -0.1) is 0 Å². The van der Waals surface area contributed by atoms with E-state index in [9.17, 15) is 18.4 Å². The highest BCUT2D eigenvalue weighted by Gasteiger charge is 2.27. The highest BCUT2D eigenvalue weighted by molar-refractivity contribution is 6.09. The number of hydrogen-bond acceptors (Lipinski definition) is 7. The van der Waals surface area contributed by atoms with Crippen molar-refractivity contribution in [2.45, 2.75) is 19.0 Å². The average Bonchev–Trinajstić information content (AvgIpc) is 3.50. The predicted octanol–water partition coefficient (Wildman–Crippen LogP) is 2.44. The number of benzene rings is 2. The zero-order chi connectivity index (χ0) is 27.0. The molecule has 0 unspecified atom stereocenters. The number of fused-ring (bicyclic) bond motifs is 1. The van der Waals surface area contributed by atoms with Gasteiger partial charge in [0.15, 0.2) is 17.5 Å². The van der Waals surface area contributed by atoms with Gasteiger partial charge in [0.05, 0.1) is 30.7 Å². The third-order valence-corrected chi connectivity index (χ3v) is 6.33. The number of methoxy groups -OCH3 is 1. The lowest BCUT2D eigenvalue weighted by atomic mass is 10.1. The fraction of sp³-hybridized carbons (Fsp3) is 0.280. The molecular formula is C25H24F3N7O3. The lowest BCUT2D eigenvalue weighted by Crippen LogP contribution is -2.28. The first-order chi connectivity index (χ1) is 18.3. The third-order valence-electron chi connectivity index (χ3n) is 6.33. The van der Waals surface area contributed by atoms with E-state index in [4.69, 9.17) is 10.5 Å². The van der Waals surface area contributed by atoms with Crippen LogP contribution in [-0.4, -0.2) is 58.3 Å². The molecule has 2 aromatic heterocycles. The number of amides is 1. The van der Waals surface area contributed by atoms with Crippen LogP contribution in [0.15, 0.2) is 47.4 Å². The number of aromatic nitrogens is 4. The van der Waals surface area contributed by atoms with Gasteiger partial charge in [-0.05, 0) is 24.6 Å². The monoisotopic (exact) mass is 527 g/mol. The minimum atomic E-state index is -1.03. The van der Waals surface area contributed by atoms with Crippen molar-refractivity contribution in [1.29, 1.82) is 0 Å². The molecule has 38 heavy (non-hydrogen) atoms. The first-order valence-electron chi connectivity index (χ1n) is 11.8. The number of halogens is 3. The number of anilines is 2. The van der Waals surface area contributed by atoms with Crippen LogP contribution in [0.1, 0.15) is 16.9 Å². The lowest BCUT2D eigenvalue weighted by molar-refractivity contribution is 0.102.